The van der Waals surface area contributed by atoms with Crippen molar-refractivity contribution >= 4 is 39.2 Å². The van der Waals surface area contributed by atoms with E-state index >= 15 is 0 Å². The molecular weight excluding hydrogens is 360 g/mol. The molecule has 2 aromatic rings. The maximum atomic E-state index is 12.1. The fourth-order valence-electron chi connectivity index (χ4n) is 2.37. The van der Waals surface area contributed by atoms with Crippen LogP contribution in [0.3, 0.4) is 0 Å². The molecule has 0 radical (unpaired) electrons. The normalized spacial score (nSPS) is 15.2. The molecule has 0 aliphatic carbocycles. The van der Waals surface area contributed by atoms with Crippen molar-refractivity contribution in [3.05, 3.63) is 40.9 Å². The standard InChI is InChI=1S/C16H17BrN4O2/c17-12-2-1-3-13(10-12)18-14-4-5-15(21-20-14)19-16(22)11-6-8-23-9-7-11/h1-5,10-11H,6-9H2,(H,18,20)(H,19,21,22). The molecule has 1 amide bonds. The number of carbonyl (C=O) groups excluding carboxylic acids is 1. The molecule has 7 heteroatoms. The van der Waals surface area contributed by atoms with E-state index in [1.165, 1.54) is 0 Å². The van der Waals surface area contributed by atoms with Crippen LogP contribution in [0, 0.1) is 5.92 Å². The summed E-state index contributed by atoms with van der Waals surface area (Å²) in [4.78, 5) is 12.1. The van der Waals surface area contributed by atoms with Gasteiger partial charge in [-0.15, -0.1) is 10.2 Å². The fraction of sp³-hybridized carbons (Fsp3) is 0.312. The maximum absolute atomic E-state index is 12.1. The second-order valence-corrected chi connectivity index (χ2v) is 6.23. The number of hydrogen-bond acceptors (Lipinski definition) is 5. The van der Waals surface area contributed by atoms with Gasteiger partial charge in [0.05, 0.1) is 0 Å². The Kier molecular flexibility index (Phi) is 5.19. The van der Waals surface area contributed by atoms with Gasteiger partial charge in [0.2, 0.25) is 5.91 Å². The largest absolute Gasteiger partial charge is 0.381 e. The number of amides is 1. The van der Waals surface area contributed by atoms with Crippen molar-refractivity contribution in [2.45, 2.75) is 12.8 Å². The van der Waals surface area contributed by atoms with E-state index in [-0.39, 0.29) is 11.8 Å². The van der Waals surface area contributed by atoms with Crippen LogP contribution in [0.25, 0.3) is 0 Å². The van der Waals surface area contributed by atoms with Gasteiger partial charge in [0.25, 0.3) is 0 Å². The number of aromatic nitrogens is 2. The Morgan fingerprint density at radius 2 is 1.87 bits per heavy atom. The van der Waals surface area contributed by atoms with Crippen LogP contribution in [0.4, 0.5) is 17.3 Å². The van der Waals surface area contributed by atoms with E-state index in [2.05, 4.69) is 36.8 Å². The summed E-state index contributed by atoms with van der Waals surface area (Å²) in [5, 5.41) is 14.1. The minimum Gasteiger partial charge on any atom is -0.381 e. The molecule has 120 valence electrons. The second kappa shape index (κ2) is 7.52. The summed E-state index contributed by atoms with van der Waals surface area (Å²) in [6.45, 7) is 1.28. The van der Waals surface area contributed by atoms with Crippen molar-refractivity contribution in [2.75, 3.05) is 23.8 Å². The lowest BCUT2D eigenvalue weighted by molar-refractivity contribution is -0.122. The summed E-state index contributed by atoms with van der Waals surface area (Å²) in [6.07, 6.45) is 1.50. The van der Waals surface area contributed by atoms with Crippen LogP contribution in [-0.2, 0) is 9.53 Å². The molecule has 6 nitrogen and oxygen atoms in total. The molecule has 3 rings (SSSR count). The van der Waals surface area contributed by atoms with Crippen LogP contribution in [0.1, 0.15) is 12.8 Å². The highest BCUT2D eigenvalue weighted by Crippen LogP contribution is 2.20. The SMILES string of the molecule is O=C(Nc1ccc(Nc2cccc(Br)c2)nn1)C1CCOCC1. The van der Waals surface area contributed by atoms with Crippen LogP contribution in [-0.4, -0.2) is 29.3 Å². The van der Waals surface area contributed by atoms with Crippen LogP contribution < -0.4 is 10.6 Å². The summed E-state index contributed by atoms with van der Waals surface area (Å²) in [5.74, 6) is 1.05. The van der Waals surface area contributed by atoms with Crippen molar-refractivity contribution < 1.29 is 9.53 Å². The molecule has 0 unspecified atom stereocenters. The predicted molar refractivity (Wildman–Crippen MR) is 91.6 cm³/mol. The first-order valence-electron chi connectivity index (χ1n) is 7.45. The number of rotatable bonds is 4. The summed E-state index contributed by atoms with van der Waals surface area (Å²) in [5.41, 5.74) is 0.910. The quantitative estimate of drug-likeness (QED) is 0.855. The Balaban J connectivity index is 1.59. The van der Waals surface area contributed by atoms with Gasteiger partial charge in [0.1, 0.15) is 0 Å². The van der Waals surface area contributed by atoms with Crippen molar-refractivity contribution in [1.29, 1.82) is 0 Å². The van der Waals surface area contributed by atoms with Gasteiger partial charge in [-0.25, -0.2) is 0 Å². The van der Waals surface area contributed by atoms with Gasteiger partial charge in [0.15, 0.2) is 11.6 Å². The number of anilines is 3. The molecule has 0 bridgehead atoms. The molecule has 0 atom stereocenters. The minimum atomic E-state index is -0.0182. The number of nitrogens with zero attached hydrogens (tertiary/aromatic N) is 2. The van der Waals surface area contributed by atoms with E-state index in [1.807, 2.05) is 24.3 Å². The first kappa shape index (κ1) is 15.9. The van der Waals surface area contributed by atoms with Crippen LogP contribution >= 0.6 is 15.9 Å². The van der Waals surface area contributed by atoms with Gasteiger partial charge >= 0.3 is 0 Å². The van der Waals surface area contributed by atoms with Crippen LogP contribution in [0.5, 0.6) is 0 Å². The zero-order chi connectivity index (χ0) is 16.1. The number of nitrogens with one attached hydrogen (secondary N) is 2. The van der Waals surface area contributed by atoms with Gasteiger partial charge in [-0.3, -0.25) is 4.79 Å². The molecule has 2 N–H and O–H groups in total. The molecule has 1 aliphatic heterocycles. The molecule has 2 heterocycles. The molecule has 1 fully saturated rings. The van der Waals surface area contributed by atoms with Crippen molar-refractivity contribution in [3.63, 3.8) is 0 Å². The molecule has 0 spiro atoms. The number of benzene rings is 1. The zero-order valence-electron chi connectivity index (χ0n) is 12.5. The molecule has 1 aliphatic rings. The Bertz CT molecular complexity index is 672. The van der Waals surface area contributed by atoms with E-state index in [9.17, 15) is 4.79 Å². The number of halogens is 1. The smallest absolute Gasteiger partial charge is 0.228 e. The monoisotopic (exact) mass is 376 g/mol. The highest BCUT2D eigenvalue weighted by molar-refractivity contribution is 9.10. The van der Waals surface area contributed by atoms with Gasteiger partial charge in [-0.1, -0.05) is 22.0 Å². The maximum Gasteiger partial charge on any atom is 0.228 e. The van der Waals surface area contributed by atoms with E-state index in [4.69, 9.17) is 4.74 Å². The molecule has 1 saturated heterocycles. The third-order valence-electron chi connectivity index (χ3n) is 3.60. The summed E-state index contributed by atoms with van der Waals surface area (Å²) >= 11 is 3.42. The molecule has 1 aromatic heterocycles. The predicted octanol–water partition coefficient (Wildman–Crippen LogP) is 3.35. The third kappa shape index (κ3) is 4.49. The number of hydrogen-bond donors (Lipinski definition) is 2. The zero-order valence-corrected chi connectivity index (χ0v) is 14.0. The van der Waals surface area contributed by atoms with Crippen LogP contribution in [0.2, 0.25) is 0 Å². The lowest BCUT2D eigenvalue weighted by atomic mass is 9.99. The van der Waals surface area contributed by atoms with Crippen LogP contribution in [0.15, 0.2) is 40.9 Å². The van der Waals surface area contributed by atoms with Gasteiger partial charge < -0.3 is 15.4 Å². The average molecular weight is 377 g/mol. The van der Waals surface area contributed by atoms with Crippen molar-refractivity contribution in [1.82, 2.24) is 10.2 Å². The summed E-state index contributed by atoms with van der Waals surface area (Å²) in [7, 11) is 0. The molecule has 0 saturated carbocycles. The fourth-order valence-corrected chi connectivity index (χ4v) is 2.77. The Hall–Kier alpha value is -1.99. The first-order valence-corrected chi connectivity index (χ1v) is 8.25. The lowest BCUT2D eigenvalue weighted by Crippen LogP contribution is -2.28. The Morgan fingerprint density at radius 3 is 2.57 bits per heavy atom. The highest BCUT2D eigenvalue weighted by Gasteiger charge is 2.21. The van der Waals surface area contributed by atoms with E-state index in [0.717, 1.165) is 23.0 Å². The van der Waals surface area contributed by atoms with Crippen molar-refractivity contribution in [2.24, 2.45) is 5.92 Å². The Morgan fingerprint density at radius 1 is 1.13 bits per heavy atom. The summed E-state index contributed by atoms with van der Waals surface area (Å²) in [6, 6.07) is 11.3. The van der Waals surface area contributed by atoms with E-state index in [0.29, 0.717) is 24.8 Å². The first-order chi connectivity index (χ1) is 11.2. The molecule has 1 aromatic carbocycles. The average Bonchev–Trinajstić information content (AvgIpc) is 2.57. The highest BCUT2D eigenvalue weighted by atomic mass is 79.9. The lowest BCUT2D eigenvalue weighted by Gasteiger charge is -2.20. The van der Waals surface area contributed by atoms with E-state index < -0.39 is 0 Å². The second-order valence-electron chi connectivity index (χ2n) is 5.32. The molecular formula is C16H17BrN4O2. The molecule has 23 heavy (non-hydrogen) atoms. The summed E-state index contributed by atoms with van der Waals surface area (Å²) < 4.78 is 6.24. The number of ether oxygens (including phenoxy) is 1. The number of carbonyl (C=O) groups is 1. The van der Waals surface area contributed by atoms with Gasteiger partial charge in [0, 0.05) is 29.3 Å². The van der Waals surface area contributed by atoms with Gasteiger partial charge in [-0.2, -0.15) is 0 Å². The minimum absolute atomic E-state index is 0.00924. The Labute approximate surface area is 142 Å². The van der Waals surface area contributed by atoms with Crippen molar-refractivity contribution in [3.8, 4) is 0 Å². The van der Waals surface area contributed by atoms with E-state index in [1.54, 1.807) is 12.1 Å². The van der Waals surface area contributed by atoms with Gasteiger partial charge in [-0.05, 0) is 43.2 Å². The third-order valence-corrected chi connectivity index (χ3v) is 4.10. The topological polar surface area (TPSA) is 76.1 Å².